The molecule has 9 heteroatoms. The minimum atomic E-state index is -3.78. The molecule has 2 aromatic rings. The zero-order valence-electron chi connectivity index (χ0n) is 17.1. The summed E-state index contributed by atoms with van der Waals surface area (Å²) in [6.45, 7) is 2.41. The molecule has 0 saturated carbocycles. The van der Waals surface area contributed by atoms with Crippen LogP contribution in [0.1, 0.15) is 18.4 Å². The normalized spacial score (nSPS) is 15.6. The average Bonchev–Trinajstić information content (AvgIpc) is 2.74. The van der Waals surface area contributed by atoms with Crippen molar-refractivity contribution in [2.75, 3.05) is 32.6 Å². The number of aryl methyl sites for hydroxylation is 1. The Morgan fingerprint density at radius 3 is 2.33 bits per heavy atom. The fourth-order valence-electron chi connectivity index (χ4n) is 3.50. The van der Waals surface area contributed by atoms with E-state index in [0.29, 0.717) is 29.3 Å². The highest BCUT2D eigenvalue weighted by Crippen LogP contribution is 2.32. The van der Waals surface area contributed by atoms with Gasteiger partial charge in [0, 0.05) is 24.0 Å². The second-order valence-electron chi connectivity index (χ2n) is 7.17. The molecule has 0 aromatic heterocycles. The van der Waals surface area contributed by atoms with E-state index in [1.807, 2.05) is 19.1 Å². The summed E-state index contributed by atoms with van der Waals surface area (Å²) in [5, 5.41) is 3.23. The van der Waals surface area contributed by atoms with Gasteiger partial charge < -0.3 is 14.8 Å². The second-order valence-corrected chi connectivity index (χ2v) is 9.51. The van der Waals surface area contributed by atoms with Gasteiger partial charge in [-0.15, -0.1) is 0 Å². The highest BCUT2D eigenvalue weighted by Gasteiger charge is 2.34. The van der Waals surface area contributed by atoms with Crippen molar-refractivity contribution < 1.29 is 22.7 Å². The number of methoxy groups -OCH3 is 2. The molecule has 1 fully saturated rings. The molecular formula is C21H25ClN2O5S. The van der Waals surface area contributed by atoms with Crippen LogP contribution in [0.3, 0.4) is 0 Å². The molecule has 0 spiro atoms. The predicted molar refractivity (Wildman–Crippen MR) is 116 cm³/mol. The number of hydrogen-bond acceptors (Lipinski definition) is 5. The van der Waals surface area contributed by atoms with Crippen molar-refractivity contribution in [2.24, 2.45) is 5.92 Å². The number of amides is 1. The number of ether oxygens (including phenoxy) is 2. The van der Waals surface area contributed by atoms with E-state index in [1.54, 1.807) is 19.2 Å². The number of sulfonamides is 1. The van der Waals surface area contributed by atoms with Gasteiger partial charge in [-0.3, -0.25) is 4.79 Å². The lowest BCUT2D eigenvalue weighted by Crippen LogP contribution is -2.41. The van der Waals surface area contributed by atoms with Crippen molar-refractivity contribution in [3.05, 3.63) is 47.0 Å². The summed E-state index contributed by atoms with van der Waals surface area (Å²) in [7, 11) is -0.815. The quantitative estimate of drug-likeness (QED) is 0.722. The molecule has 7 nitrogen and oxygen atoms in total. The first-order valence-corrected chi connectivity index (χ1v) is 11.4. The maximum Gasteiger partial charge on any atom is 0.246 e. The number of piperidine rings is 1. The number of carbonyl (C=O) groups is 1. The topological polar surface area (TPSA) is 84.9 Å². The fourth-order valence-corrected chi connectivity index (χ4v) is 5.39. The fraction of sp³-hybridized carbons (Fsp3) is 0.381. The maximum absolute atomic E-state index is 13.1. The predicted octanol–water partition coefficient (Wildman–Crippen LogP) is 3.71. The van der Waals surface area contributed by atoms with Crippen LogP contribution < -0.4 is 14.8 Å². The van der Waals surface area contributed by atoms with Crippen LogP contribution in [-0.2, 0) is 14.8 Å². The standard InChI is InChI=1S/C21H25ClN2O5S/c1-14-4-6-18(28-2)17(12-14)23-21(25)15-8-10-24(11-9-15)30(26,27)20-13-16(22)5-7-19(20)29-3/h4-7,12-13,15H,8-11H2,1-3H3,(H,23,25). The largest absolute Gasteiger partial charge is 0.495 e. The van der Waals surface area contributed by atoms with Gasteiger partial charge in [-0.05, 0) is 55.7 Å². The number of anilines is 1. The van der Waals surface area contributed by atoms with Gasteiger partial charge in [0.25, 0.3) is 0 Å². The lowest BCUT2D eigenvalue weighted by Gasteiger charge is -2.31. The van der Waals surface area contributed by atoms with Crippen molar-refractivity contribution >= 4 is 33.2 Å². The van der Waals surface area contributed by atoms with Gasteiger partial charge in [0.1, 0.15) is 16.4 Å². The summed E-state index contributed by atoms with van der Waals surface area (Å²) >= 11 is 5.99. The van der Waals surface area contributed by atoms with E-state index < -0.39 is 10.0 Å². The summed E-state index contributed by atoms with van der Waals surface area (Å²) in [6.07, 6.45) is 0.837. The number of hydrogen-bond donors (Lipinski definition) is 1. The Morgan fingerprint density at radius 2 is 1.70 bits per heavy atom. The van der Waals surface area contributed by atoms with Crippen molar-refractivity contribution in [1.29, 1.82) is 0 Å². The first-order valence-electron chi connectivity index (χ1n) is 9.55. The number of benzene rings is 2. The minimum absolute atomic E-state index is 0.0323. The van der Waals surface area contributed by atoms with E-state index in [9.17, 15) is 13.2 Å². The van der Waals surface area contributed by atoms with E-state index in [4.69, 9.17) is 21.1 Å². The Morgan fingerprint density at radius 1 is 1.07 bits per heavy atom. The Labute approximate surface area is 182 Å². The number of carbonyl (C=O) groups excluding carboxylic acids is 1. The number of halogens is 1. The molecule has 2 aromatic carbocycles. The summed E-state index contributed by atoms with van der Waals surface area (Å²) in [5.41, 5.74) is 1.61. The molecule has 1 aliphatic heterocycles. The average molecular weight is 453 g/mol. The molecule has 162 valence electrons. The molecule has 1 amide bonds. The molecule has 0 aliphatic carbocycles. The molecule has 1 heterocycles. The van der Waals surface area contributed by atoms with E-state index in [1.165, 1.54) is 23.5 Å². The first-order chi connectivity index (χ1) is 14.3. The Balaban J connectivity index is 1.69. The summed E-state index contributed by atoms with van der Waals surface area (Å²) in [5.74, 6) is 0.395. The molecule has 1 saturated heterocycles. The lowest BCUT2D eigenvalue weighted by atomic mass is 9.97. The monoisotopic (exact) mass is 452 g/mol. The minimum Gasteiger partial charge on any atom is -0.495 e. The van der Waals surface area contributed by atoms with Crippen LogP contribution in [0.5, 0.6) is 11.5 Å². The molecule has 3 rings (SSSR count). The van der Waals surface area contributed by atoms with E-state index in [-0.39, 0.29) is 35.6 Å². The van der Waals surface area contributed by atoms with Crippen molar-refractivity contribution in [3.63, 3.8) is 0 Å². The van der Waals surface area contributed by atoms with Crippen LogP contribution >= 0.6 is 11.6 Å². The van der Waals surface area contributed by atoms with Crippen molar-refractivity contribution in [1.82, 2.24) is 4.31 Å². The summed E-state index contributed by atoms with van der Waals surface area (Å²) in [6, 6.07) is 10.1. The number of nitrogens with zero attached hydrogens (tertiary/aromatic N) is 1. The summed E-state index contributed by atoms with van der Waals surface area (Å²) in [4.78, 5) is 12.8. The zero-order valence-corrected chi connectivity index (χ0v) is 18.7. The van der Waals surface area contributed by atoms with Crippen LogP contribution in [0.15, 0.2) is 41.3 Å². The van der Waals surface area contributed by atoms with Gasteiger partial charge in [-0.2, -0.15) is 4.31 Å². The molecular weight excluding hydrogens is 428 g/mol. The Hall–Kier alpha value is -2.29. The second kappa shape index (κ2) is 9.24. The Bertz CT molecular complexity index is 1030. The van der Waals surface area contributed by atoms with E-state index in [0.717, 1.165) is 5.56 Å². The van der Waals surface area contributed by atoms with E-state index >= 15 is 0 Å². The van der Waals surface area contributed by atoms with Gasteiger partial charge in [0.2, 0.25) is 15.9 Å². The van der Waals surface area contributed by atoms with Gasteiger partial charge in [0.05, 0.1) is 19.9 Å². The van der Waals surface area contributed by atoms with Crippen LogP contribution in [0.25, 0.3) is 0 Å². The molecule has 0 bridgehead atoms. The van der Waals surface area contributed by atoms with Crippen molar-refractivity contribution in [3.8, 4) is 11.5 Å². The maximum atomic E-state index is 13.1. The highest BCUT2D eigenvalue weighted by atomic mass is 35.5. The van der Waals surface area contributed by atoms with Crippen LogP contribution in [0, 0.1) is 12.8 Å². The Kier molecular flexibility index (Phi) is 6.90. The van der Waals surface area contributed by atoms with E-state index in [2.05, 4.69) is 5.32 Å². The van der Waals surface area contributed by atoms with Gasteiger partial charge in [-0.1, -0.05) is 17.7 Å². The molecule has 1 aliphatic rings. The third kappa shape index (κ3) is 4.71. The molecule has 30 heavy (non-hydrogen) atoms. The van der Waals surface area contributed by atoms with Gasteiger partial charge >= 0.3 is 0 Å². The molecule has 0 unspecified atom stereocenters. The summed E-state index contributed by atoms with van der Waals surface area (Å²) < 4.78 is 38.0. The van der Waals surface area contributed by atoms with Crippen molar-refractivity contribution in [2.45, 2.75) is 24.7 Å². The zero-order chi connectivity index (χ0) is 21.9. The highest BCUT2D eigenvalue weighted by molar-refractivity contribution is 7.89. The SMILES string of the molecule is COc1ccc(C)cc1NC(=O)C1CCN(S(=O)(=O)c2cc(Cl)ccc2OC)CC1. The third-order valence-electron chi connectivity index (χ3n) is 5.18. The molecule has 0 atom stereocenters. The third-order valence-corrected chi connectivity index (χ3v) is 7.34. The molecule has 0 radical (unpaired) electrons. The van der Waals surface area contributed by atoms with Crippen LogP contribution in [0.2, 0.25) is 5.02 Å². The van der Waals surface area contributed by atoms with Gasteiger partial charge in [0.15, 0.2) is 0 Å². The van der Waals surface area contributed by atoms with Crippen LogP contribution in [0.4, 0.5) is 5.69 Å². The number of rotatable bonds is 6. The van der Waals surface area contributed by atoms with Gasteiger partial charge in [-0.25, -0.2) is 8.42 Å². The van der Waals surface area contributed by atoms with Crippen LogP contribution in [-0.4, -0.2) is 45.9 Å². The smallest absolute Gasteiger partial charge is 0.246 e. The lowest BCUT2D eigenvalue weighted by molar-refractivity contribution is -0.120. The first kappa shape index (κ1) is 22.4. The molecule has 1 N–H and O–H groups in total. The number of nitrogens with one attached hydrogen (secondary N) is 1.